The van der Waals surface area contributed by atoms with Crippen LogP contribution in [0.5, 0.6) is 0 Å². The van der Waals surface area contributed by atoms with Crippen molar-refractivity contribution in [3.63, 3.8) is 0 Å². The first-order valence-electron chi connectivity index (χ1n) is 7.75. The van der Waals surface area contributed by atoms with Gasteiger partial charge in [-0.25, -0.2) is 4.98 Å². The molecule has 5 heteroatoms. The van der Waals surface area contributed by atoms with E-state index in [2.05, 4.69) is 17.2 Å². The number of hydrogen-bond acceptors (Lipinski definition) is 4. The van der Waals surface area contributed by atoms with Crippen molar-refractivity contribution in [2.75, 3.05) is 45.2 Å². The van der Waals surface area contributed by atoms with Gasteiger partial charge < -0.3 is 15.1 Å². The fourth-order valence-electron chi connectivity index (χ4n) is 2.65. The molecule has 5 nitrogen and oxygen atoms in total. The lowest BCUT2D eigenvalue weighted by Gasteiger charge is -2.32. The largest absolute Gasteiger partial charge is 0.363 e. The lowest BCUT2D eigenvalue weighted by atomic mass is 9.96. The van der Waals surface area contributed by atoms with Crippen LogP contribution in [0, 0.1) is 5.92 Å². The summed E-state index contributed by atoms with van der Waals surface area (Å²) in [6.07, 6.45) is 3.85. The van der Waals surface area contributed by atoms with Gasteiger partial charge in [-0.05, 0) is 44.0 Å². The van der Waals surface area contributed by atoms with E-state index in [9.17, 15) is 4.79 Å². The molecule has 1 aromatic rings. The molecular formula is C16H26N4O. The second-order valence-corrected chi connectivity index (χ2v) is 5.84. The Morgan fingerprint density at radius 1 is 1.38 bits per heavy atom. The number of amides is 1. The maximum atomic E-state index is 12.5. The minimum absolute atomic E-state index is 0.106. The third kappa shape index (κ3) is 4.17. The molecule has 1 amide bonds. The molecule has 1 aliphatic heterocycles. The van der Waals surface area contributed by atoms with Crippen molar-refractivity contribution >= 4 is 11.7 Å². The summed E-state index contributed by atoms with van der Waals surface area (Å²) < 4.78 is 0. The van der Waals surface area contributed by atoms with Crippen molar-refractivity contribution in [3.8, 4) is 0 Å². The average Bonchev–Trinajstić information content (AvgIpc) is 2.53. The van der Waals surface area contributed by atoms with Crippen LogP contribution in [0.15, 0.2) is 18.3 Å². The number of pyridine rings is 1. The Morgan fingerprint density at radius 2 is 2.10 bits per heavy atom. The second kappa shape index (κ2) is 7.41. The van der Waals surface area contributed by atoms with Crippen LogP contribution in [0.3, 0.4) is 0 Å². The van der Waals surface area contributed by atoms with Crippen LogP contribution < -0.4 is 10.2 Å². The zero-order chi connectivity index (χ0) is 15.2. The van der Waals surface area contributed by atoms with Gasteiger partial charge in [-0.1, -0.05) is 6.92 Å². The average molecular weight is 290 g/mol. The Labute approximate surface area is 127 Å². The Hall–Kier alpha value is -1.62. The van der Waals surface area contributed by atoms with Gasteiger partial charge in [0.1, 0.15) is 5.82 Å². The molecule has 0 radical (unpaired) electrons. The molecule has 1 saturated heterocycles. The third-order valence-corrected chi connectivity index (χ3v) is 4.04. The maximum Gasteiger partial charge on any atom is 0.255 e. The summed E-state index contributed by atoms with van der Waals surface area (Å²) in [5.41, 5.74) is 0.686. The van der Waals surface area contributed by atoms with E-state index in [1.807, 2.05) is 36.0 Å². The van der Waals surface area contributed by atoms with Gasteiger partial charge in [-0.2, -0.15) is 0 Å². The molecule has 1 fully saturated rings. The Balaban J connectivity index is 1.89. The van der Waals surface area contributed by atoms with Crippen molar-refractivity contribution in [1.29, 1.82) is 0 Å². The summed E-state index contributed by atoms with van der Waals surface area (Å²) >= 11 is 0. The van der Waals surface area contributed by atoms with Gasteiger partial charge in [-0.3, -0.25) is 4.79 Å². The number of nitrogens with one attached hydrogen (secondary N) is 1. The van der Waals surface area contributed by atoms with Gasteiger partial charge in [0.15, 0.2) is 0 Å². The van der Waals surface area contributed by atoms with Crippen LogP contribution in [0.4, 0.5) is 5.82 Å². The topological polar surface area (TPSA) is 48.5 Å². The number of nitrogens with zero attached hydrogens (tertiary/aromatic N) is 3. The first kappa shape index (κ1) is 15.8. The smallest absolute Gasteiger partial charge is 0.255 e. The molecule has 116 valence electrons. The molecule has 1 N–H and O–H groups in total. The normalized spacial score (nSPS) is 16.0. The standard InChI is InChI=1S/C16H26N4O/c1-4-17-11-13-7-9-20(10-8-13)16(21)14-5-6-15(18-12-14)19(2)3/h5-6,12-13,17H,4,7-11H2,1-3H3. The SMILES string of the molecule is CCNCC1CCN(C(=O)c2ccc(N(C)C)nc2)CC1. The molecular weight excluding hydrogens is 264 g/mol. The van der Waals surface area contributed by atoms with E-state index in [-0.39, 0.29) is 5.91 Å². The van der Waals surface area contributed by atoms with Crippen LogP contribution in [-0.4, -0.2) is 56.1 Å². The number of likely N-dealkylation sites (tertiary alicyclic amines) is 1. The summed E-state index contributed by atoms with van der Waals surface area (Å²) in [6.45, 7) is 5.92. The fourth-order valence-corrected chi connectivity index (χ4v) is 2.65. The van der Waals surface area contributed by atoms with E-state index in [0.29, 0.717) is 11.5 Å². The van der Waals surface area contributed by atoms with Crippen molar-refractivity contribution in [2.24, 2.45) is 5.92 Å². The summed E-state index contributed by atoms with van der Waals surface area (Å²) in [5, 5.41) is 3.39. The van der Waals surface area contributed by atoms with E-state index in [4.69, 9.17) is 0 Å². The minimum atomic E-state index is 0.106. The maximum absolute atomic E-state index is 12.5. The fraction of sp³-hybridized carbons (Fsp3) is 0.625. The highest BCUT2D eigenvalue weighted by molar-refractivity contribution is 5.94. The van der Waals surface area contributed by atoms with Gasteiger partial charge >= 0.3 is 0 Å². The quantitative estimate of drug-likeness (QED) is 0.895. The lowest BCUT2D eigenvalue weighted by molar-refractivity contribution is 0.0690. The Kier molecular flexibility index (Phi) is 5.56. The summed E-state index contributed by atoms with van der Waals surface area (Å²) in [6, 6.07) is 3.76. The van der Waals surface area contributed by atoms with Gasteiger partial charge in [0.05, 0.1) is 5.56 Å². The zero-order valence-corrected chi connectivity index (χ0v) is 13.3. The number of carbonyl (C=O) groups excluding carboxylic acids is 1. The van der Waals surface area contributed by atoms with E-state index >= 15 is 0 Å². The molecule has 1 aromatic heterocycles. The van der Waals surface area contributed by atoms with Crippen molar-refractivity contribution in [3.05, 3.63) is 23.9 Å². The van der Waals surface area contributed by atoms with Crippen molar-refractivity contribution < 1.29 is 4.79 Å². The molecule has 0 aromatic carbocycles. The van der Waals surface area contributed by atoms with E-state index in [0.717, 1.165) is 44.8 Å². The van der Waals surface area contributed by atoms with Crippen LogP contribution >= 0.6 is 0 Å². The lowest BCUT2D eigenvalue weighted by Crippen LogP contribution is -2.40. The molecule has 0 aliphatic carbocycles. The van der Waals surface area contributed by atoms with Crippen LogP contribution in [-0.2, 0) is 0 Å². The van der Waals surface area contributed by atoms with E-state index < -0.39 is 0 Å². The highest BCUT2D eigenvalue weighted by Gasteiger charge is 2.23. The predicted octanol–water partition coefficient (Wildman–Crippen LogP) is 1.61. The molecule has 0 saturated carbocycles. The van der Waals surface area contributed by atoms with Crippen LogP contribution in [0.2, 0.25) is 0 Å². The molecule has 1 aliphatic rings. The van der Waals surface area contributed by atoms with E-state index in [1.165, 1.54) is 0 Å². The van der Waals surface area contributed by atoms with Gasteiger partial charge in [-0.15, -0.1) is 0 Å². The molecule has 21 heavy (non-hydrogen) atoms. The first-order valence-corrected chi connectivity index (χ1v) is 7.75. The van der Waals surface area contributed by atoms with Gasteiger partial charge in [0.2, 0.25) is 0 Å². The number of piperidine rings is 1. The second-order valence-electron chi connectivity index (χ2n) is 5.84. The highest BCUT2D eigenvalue weighted by atomic mass is 16.2. The van der Waals surface area contributed by atoms with Gasteiger partial charge in [0.25, 0.3) is 5.91 Å². The molecule has 0 bridgehead atoms. The Morgan fingerprint density at radius 3 is 2.62 bits per heavy atom. The number of carbonyl (C=O) groups is 1. The number of rotatable bonds is 5. The van der Waals surface area contributed by atoms with Crippen LogP contribution in [0.1, 0.15) is 30.1 Å². The summed E-state index contributed by atoms with van der Waals surface area (Å²) in [7, 11) is 3.89. The third-order valence-electron chi connectivity index (χ3n) is 4.04. The summed E-state index contributed by atoms with van der Waals surface area (Å²) in [5.74, 6) is 1.67. The predicted molar refractivity (Wildman–Crippen MR) is 85.7 cm³/mol. The molecule has 2 heterocycles. The first-order chi connectivity index (χ1) is 10.1. The molecule has 2 rings (SSSR count). The number of anilines is 1. The number of aromatic nitrogens is 1. The summed E-state index contributed by atoms with van der Waals surface area (Å²) in [4.78, 5) is 20.7. The minimum Gasteiger partial charge on any atom is -0.363 e. The highest BCUT2D eigenvalue weighted by Crippen LogP contribution is 2.19. The number of hydrogen-bond donors (Lipinski definition) is 1. The van der Waals surface area contributed by atoms with Gasteiger partial charge in [0, 0.05) is 33.4 Å². The monoisotopic (exact) mass is 290 g/mol. The van der Waals surface area contributed by atoms with Crippen molar-refractivity contribution in [2.45, 2.75) is 19.8 Å². The Bertz CT molecular complexity index is 450. The van der Waals surface area contributed by atoms with Crippen LogP contribution in [0.25, 0.3) is 0 Å². The molecule has 0 atom stereocenters. The van der Waals surface area contributed by atoms with Crippen molar-refractivity contribution in [1.82, 2.24) is 15.2 Å². The molecule has 0 spiro atoms. The molecule has 0 unspecified atom stereocenters. The van der Waals surface area contributed by atoms with E-state index in [1.54, 1.807) is 6.20 Å². The zero-order valence-electron chi connectivity index (χ0n) is 13.3.